The minimum atomic E-state index is -0.498. The van der Waals surface area contributed by atoms with Crippen LogP contribution in [0.3, 0.4) is 0 Å². The van der Waals surface area contributed by atoms with Crippen LogP contribution in [0, 0.1) is 6.92 Å². The van der Waals surface area contributed by atoms with Crippen LogP contribution in [0.5, 0.6) is 0 Å². The molecule has 4 aromatic rings. The fraction of sp³-hybridized carbons (Fsp3) is 0.485. The van der Waals surface area contributed by atoms with Crippen molar-refractivity contribution in [1.82, 2.24) is 24.0 Å². The van der Waals surface area contributed by atoms with Gasteiger partial charge in [-0.05, 0) is 90.1 Å². The second-order valence-corrected chi connectivity index (χ2v) is 12.9. The van der Waals surface area contributed by atoms with Crippen LogP contribution in [0.4, 0.5) is 16.4 Å². The topological polar surface area (TPSA) is 111 Å². The van der Waals surface area contributed by atoms with Gasteiger partial charge in [-0.2, -0.15) is 4.98 Å². The number of aromatic nitrogens is 4. The van der Waals surface area contributed by atoms with Crippen molar-refractivity contribution in [3.63, 3.8) is 0 Å². The standard InChI is InChI=1S/C33H40N6O4/c1-20-26-19-34-31(36-29(26)39(25-8-6-7-9-25)30(41)28(20)21(2)40)35-23-10-11-27-22(18-23)12-17-38(27)24-13-15-37(16-14-24)32(42)43-33(3,4)5/h10-12,17-19,24-25H,6-9,13-16H2,1-5H3,(H,34,35,36). The quantitative estimate of drug-likeness (QED) is 0.260. The maximum atomic E-state index is 13.5. The van der Waals surface area contributed by atoms with Gasteiger partial charge in [0.05, 0.1) is 5.56 Å². The normalized spacial score (nSPS) is 16.7. The minimum Gasteiger partial charge on any atom is -0.444 e. The van der Waals surface area contributed by atoms with E-state index in [2.05, 4.69) is 39.3 Å². The molecule has 0 spiro atoms. The molecule has 1 amide bonds. The Hall–Kier alpha value is -4.21. The van der Waals surface area contributed by atoms with Gasteiger partial charge in [0.1, 0.15) is 11.2 Å². The van der Waals surface area contributed by atoms with Crippen molar-refractivity contribution in [2.24, 2.45) is 0 Å². The monoisotopic (exact) mass is 584 g/mol. The zero-order valence-electron chi connectivity index (χ0n) is 25.6. The third-order valence-electron chi connectivity index (χ3n) is 8.74. The molecule has 10 heteroatoms. The maximum absolute atomic E-state index is 13.5. The van der Waals surface area contributed by atoms with Crippen LogP contribution in [0.2, 0.25) is 0 Å². The fourth-order valence-corrected chi connectivity index (χ4v) is 6.65. The Bertz CT molecular complexity index is 1770. The molecule has 1 saturated carbocycles. The molecule has 1 aliphatic heterocycles. The van der Waals surface area contributed by atoms with E-state index in [9.17, 15) is 14.4 Å². The van der Waals surface area contributed by atoms with Crippen LogP contribution < -0.4 is 10.9 Å². The number of fused-ring (bicyclic) bond motifs is 2. The van der Waals surface area contributed by atoms with Crippen molar-refractivity contribution in [3.05, 3.63) is 58.1 Å². The Labute approximate surface area is 251 Å². The highest BCUT2D eigenvalue weighted by molar-refractivity contribution is 5.99. The number of carbonyl (C=O) groups is 2. The first-order chi connectivity index (χ1) is 20.5. The number of benzene rings is 1. The molecule has 0 radical (unpaired) electrons. The molecule has 1 N–H and O–H groups in total. The molecule has 10 nitrogen and oxygen atoms in total. The Morgan fingerprint density at radius 2 is 1.74 bits per heavy atom. The summed E-state index contributed by atoms with van der Waals surface area (Å²) < 4.78 is 9.58. The van der Waals surface area contributed by atoms with Gasteiger partial charge in [0, 0.05) is 59.5 Å². The molecule has 1 aliphatic carbocycles. The number of nitrogens with zero attached hydrogens (tertiary/aromatic N) is 5. The number of ether oxygens (including phenoxy) is 1. The van der Waals surface area contributed by atoms with Gasteiger partial charge in [-0.15, -0.1) is 0 Å². The van der Waals surface area contributed by atoms with Crippen LogP contribution in [-0.4, -0.2) is 54.6 Å². The fourth-order valence-electron chi connectivity index (χ4n) is 6.65. The van der Waals surface area contributed by atoms with Crippen LogP contribution in [0.15, 0.2) is 41.5 Å². The maximum Gasteiger partial charge on any atom is 0.410 e. The van der Waals surface area contributed by atoms with Crippen molar-refractivity contribution in [2.45, 2.75) is 90.8 Å². The largest absolute Gasteiger partial charge is 0.444 e. The lowest BCUT2D eigenvalue weighted by molar-refractivity contribution is 0.0189. The SMILES string of the molecule is CC(=O)c1c(C)c2cnc(Nc3ccc4c(ccn4C4CCN(C(=O)OC(C)(C)C)CC4)c3)nc2n(C2CCCC2)c1=O. The number of hydrogen-bond donors (Lipinski definition) is 1. The molecule has 0 bridgehead atoms. The molecule has 1 aromatic carbocycles. The van der Waals surface area contributed by atoms with E-state index in [1.54, 1.807) is 22.6 Å². The number of nitrogens with one attached hydrogen (secondary N) is 1. The summed E-state index contributed by atoms with van der Waals surface area (Å²) in [4.78, 5) is 49.6. The molecule has 43 heavy (non-hydrogen) atoms. The summed E-state index contributed by atoms with van der Waals surface area (Å²) in [6.45, 7) is 10.2. The summed E-state index contributed by atoms with van der Waals surface area (Å²) in [6.07, 6.45) is 9.22. The van der Waals surface area contributed by atoms with Crippen molar-refractivity contribution >= 4 is 45.4 Å². The second kappa shape index (κ2) is 11.1. The van der Waals surface area contributed by atoms with E-state index in [-0.39, 0.29) is 29.0 Å². The Morgan fingerprint density at radius 3 is 2.42 bits per heavy atom. The summed E-state index contributed by atoms with van der Waals surface area (Å²) in [5, 5.41) is 5.15. The van der Waals surface area contributed by atoms with E-state index in [0.29, 0.717) is 36.3 Å². The molecular formula is C33H40N6O4. The van der Waals surface area contributed by atoms with Gasteiger partial charge in [0.15, 0.2) is 5.78 Å². The average Bonchev–Trinajstić information content (AvgIpc) is 3.62. The highest BCUT2D eigenvalue weighted by Crippen LogP contribution is 2.33. The number of rotatable bonds is 5. The third kappa shape index (κ3) is 5.62. The summed E-state index contributed by atoms with van der Waals surface area (Å²) in [5.74, 6) is 0.175. The number of carbonyl (C=O) groups excluding carboxylic acids is 2. The predicted octanol–water partition coefficient (Wildman–Crippen LogP) is 6.69. The Morgan fingerprint density at radius 1 is 1.02 bits per heavy atom. The average molecular weight is 585 g/mol. The molecule has 0 unspecified atom stereocenters. The van der Waals surface area contributed by atoms with Crippen molar-refractivity contribution < 1.29 is 14.3 Å². The number of pyridine rings is 1. The number of piperidine rings is 1. The third-order valence-corrected chi connectivity index (χ3v) is 8.74. The molecule has 0 atom stereocenters. The van der Waals surface area contributed by atoms with Gasteiger partial charge in [-0.25, -0.2) is 9.78 Å². The van der Waals surface area contributed by atoms with Gasteiger partial charge in [0.2, 0.25) is 5.95 Å². The molecule has 6 rings (SSSR count). The van der Waals surface area contributed by atoms with Crippen molar-refractivity contribution in [2.75, 3.05) is 18.4 Å². The molecule has 4 heterocycles. The first-order valence-electron chi connectivity index (χ1n) is 15.3. The number of ketones is 1. The van der Waals surface area contributed by atoms with E-state index in [4.69, 9.17) is 9.72 Å². The summed E-state index contributed by atoms with van der Waals surface area (Å²) in [7, 11) is 0. The van der Waals surface area contributed by atoms with Crippen LogP contribution >= 0.6 is 0 Å². The van der Waals surface area contributed by atoms with Crippen molar-refractivity contribution in [1.29, 1.82) is 0 Å². The molecule has 2 aliphatic rings. The number of hydrogen-bond acceptors (Lipinski definition) is 7. The van der Waals surface area contributed by atoms with Gasteiger partial charge in [-0.1, -0.05) is 12.8 Å². The molecule has 226 valence electrons. The van der Waals surface area contributed by atoms with E-state index >= 15 is 0 Å². The summed E-state index contributed by atoms with van der Waals surface area (Å²) >= 11 is 0. The summed E-state index contributed by atoms with van der Waals surface area (Å²) in [5.41, 5.74) is 2.65. The van der Waals surface area contributed by atoms with E-state index in [1.165, 1.54) is 6.92 Å². The van der Waals surface area contributed by atoms with Gasteiger partial charge < -0.3 is 19.5 Å². The van der Waals surface area contributed by atoms with Crippen molar-refractivity contribution in [3.8, 4) is 0 Å². The zero-order chi connectivity index (χ0) is 30.5. The zero-order valence-corrected chi connectivity index (χ0v) is 25.6. The van der Waals surface area contributed by atoms with Gasteiger partial charge in [0.25, 0.3) is 5.56 Å². The molecule has 2 fully saturated rings. The highest BCUT2D eigenvalue weighted by Gasteiger charge is 2.28. The first-order valence-corrected chi connectivity index (χ1v) is 15.3. The second-order valence-electron chi connectivity index (χ2n) is 12.9. The predicted molar refractivity (Wildman–Crippen MR) is 167 cm³/mol. The highest BCUT2D eigenvalue weighted by atomic mass is 16.6. The number of likely N-dealkylation sites (tertiary alicyclic amines) is 1. The van der Waals surface area contributed by atoms with E-state index in [0.717, 1.165) is 60.5 Å². The Balaban J connectivity index is 1.24. The van der Waals surface area contributed by atoms with Crippen LogP contribution in [0.1, 0.15) is 94.2 Å². The van der Waals surface area contributed by atoms with Gasteiger partial charge >= 0.3 is 6.09 Å². The lowest BCUT2D eigenvalue weighted by Gasteiger charge is -2.34. The van der Waals surface area contributed by atoms with Gasteiger partial charge in [-0.3, -0.25) is 14.2 Å². The number of anilines is 2. The number of Topliss-reactive ketones (excluding diaryl/α,β-unsaturated/α-hetero) is 1. The Kier molecular flexibility index (Phi) is 7.48. The molecular weight excluding hydrogens is 544 g/mol. The minimum absolute atomic E-state index is 0.0311. The number of amides is 1. The van der Waals surface area contributed by atoms with E-state index < -0.39 is 5.60 Å². The van der Waals surface area contributed by atoms with Crippen LogP contribution in [0.25, 0.3) is 21.9 Å². The lowest BCUT2D eigenvalue weighted by Crippen LogP contribution is -2.42. The van der Waals surface area contributed by atoms with Crippen LogP contribution in [-0.2, 0) is 4.74 Å². The summed E-state index contributed by atoms with van der Waals surface area (Å²) in [6, 6.07) is 8.61. The first kappa shape index (κ1) is 28.9. The smallest absolute Gasteiger partial charge is 0.410 e. The van der Waals surface area contributed by atoms with E-state index in [1.807, 2.05) is 26.8 Å². The lowest BCUT2D eigenvalue weighted by atomic mass is 10.0. The molecule has 1 saturated heterocycles. The molecule has 3 aromatic heterocycles. The number of aryl methyl sites for hydroxylation is 1.